The molecule has 3 atom stereocenters. The van der Waals surface area contributed by atoms with Gasteiger partial charge in [-0.1, -0.05) is 0 Å². The largest absolute Gasteiger partial charge is 0.480 e. The molecular weight excluding hydrogens is 252 g/mol. The number of carbonyl (C=O) groups is 3. The molecule has 110 valence electrons. The highest BCUT2D eigenvalue weighted by Gasteiger charge is 2.18. The molecule has 0 aliphatic rings. The Kier molecular flexibility index (Phi) is 7.89. The second kappa shape index (κ2) is 8.57. The number of hydrogen-bond acceptors (Lipinski definition) is 6. The summed E-state index contributed by atoms with van der Waals surface area (Å²) in [4.78, 5) is 32.7. The van der Waals surface area contributed by atoms with Gasteiger partial charge >= 0.3 is 5.97 Å². The summed E-state index contributed by atoms with van der Waals surface area (Å²) in [7, 11) is 0. The van der Waals surface area contributed by atoms with Gasteiger partial charge in [0, 0.05) is 6.42 Å². The van der Waals surface area contributed by atoms with Crippen LogP contribution in [0.2, 0.25) is 0 Å². The van der Waals surface area contributed by atoms with E-state index in [-0.39, 0.29) is 25.0 Å². The Morgan fingerprint density at radius 1 is 0.895 bits per heavy atom. The molecule has 0 aromatic rings. The fourth-order valence-corrected chi connectivity index (χ4v) is 1.47. The molecule has 8 nitrogen and oxygen atoms in total. The molecule has 0 fully saturated rings. The number of nitrogens with two attached hydrogens (primary N) is 4. The third-order valence-electron chi connectivity index (χ3n) is 2.83. The summed E-state index contributed by atoms with van der Waals surface area (Å²) in [6, 6.07) is -2.48. The third kappa shape index (κ3) is 7.50. The lowest BCUT2D eigenvalue weighted by Gasteiger charge is -2.12. The van der Waals surface area contributed by atoms with Gasteiger partial charge in [0.15, 0.2) is 0 Å². The first-order chi connectivity index (χ1) is 8.75. The first-order valence-corrected chi connectivity index (χ1v) is 6.07. The number of rotatable bonds is 10. The van der Waals surface area contributed by atoms with Crippen molar-refractivity contribution in [2.75, 3.05) is 0 Å². The van der Waals surface area contributed by atoms with Gasteiger partial charge in [0.25, 0.3) is 0 Å². The van der Waals surface area contributed by atoms with Crippen LogP contribution in [-0.2, 0) is 14.4 Å². The monoisotopic (exact) mass is 274 g/mol. The summed E-state index contributed by atoms with van der Waals surface area (Å²) in [5.74, 6) is -1.96. The maximum atomic E-state index is 11.6. The lowest BCUT2D eigenvalue weighted by molar-refractivity contribution is -0.138. The van der Waals surface area contributed by atoms with Gasteiger partial charge in [-0.05, 0) is 25.7 Å². The zero-order valence-corrected chi connectivity index (χ0v) is 10.7. The van der Waals surface area contributed by atoms with Crippen LogP contribution in [0.5, 0.6) is 0 Å². The molecule has 0 rings (SSSR count). The first-order valence-electron chi connectivity index (χ1n) is 6.07. The minimum atomic E-state index is -1.08. The minimum absolute atomic E-state index is 0.0796. The average Bonchev–Trinajstić information content (AvgIpc) is 2.34. The number of hydrogen-bond donors (Lipinski definition) is 5. The number of carboxylic acid groups (broad SMARTS) is 1. The van der Waals surface area contributed by atoms with Crippen molar-refractivity contribution < 1.29 is 19.5 Å². The smallest absolute Gasteiger partial charge is 0.320 e. The van der Waals surface area contributed by atoms with Gasteiger partial charge in [0.05, 0.1) is 12.1 Å². The van der Waals surface area contributed by atoms with Gasteiger partial charge in [-0.2, -0.15) is 0 Å². The number of amides is 1. The summed E-state index contributed by atoms with van der Waals surface area (Å²) in [6.45, 7) is 0. The summed E-state index contributed by atoms with van der Waals surface area (Å²) >= 11 is 0. The number of ketones is 1. The Morgan fingerprint density at radius 2 is 1.42 bits per heavy atom. The molecule has 0 aliphatic heterocycles. The van der Waals surface area contributed by atoms with Crippen molar-refractivity contribution in [2.24, 2.45) is 22.9 Å². The molecule has 1 unspecified atom stereocenters. The highest BCUT2D eigenvalue weighted by molar-refractivity contribution is 5.85. The number of carboxylic acids is 1. The molecule has 0 bridgehead atoms. The van der Waals surface area contributed by atoms with Gasteiger partial charge in [-0.25, -0.2) is 0 Å². The van der Waals surface area contributed by atoms with Gasteiger partial charge in [0.1, 0.15) is 11.8 Å². The van der Waals surface area contributed by atoms with E-state index in [9.17, 15) is 14.4 Å². The first kappa shape index (κ1) is 17.5. The molecule has 8 heteroatoms. The fourth-order valence-electron chi connectivity index (χ4n) is 1.47. The molecule has 0 aliphatic carbocycles. The van der Waals surface area contributed by atoms with Crippen LogP contribution in [0, 0.1) is 0 Å². The van der Waals surface area contributed by atoms with Gasteiger partial charge in [-0.15, -0.1) is 0 Å². The van der Waals surface area contributed by atoms with E-state index in [4.69, 9.17) is 28.0 Å². The predicted molar refractivity (Wildman–Crippen MR) is 68.8 cm³/mol. The molecular formula is C11H22N4O4. The topological polar surface area (TPSA) is 176 Å². The second-order valence-corrected chi connectivity index (χ2v) is 4.50. The molecule has 0 aromatic carbocycles. The van der Waals surface area contributed by atoms with E-state index in [1.165, 1.54) is 0 Å². The molecule has 0 spiro atoms. The third-order valence-corrected chi connectivity index (χ3v) is 2.83. The van der Waals surface area contributed by atoms with E-state index >= 15 is 0 Å². The predicted octanol–water partition coefficient (Wildman–Crippen LogP) is -1.94. The van der Waals surface area contributed by atoms with E-state index in [0.29, 0.717) is 12.8 Å². The summed E-state index contributed by atoms with van der Waals surface area (Å²) < 4.78 is 0. The molecule has 9 N–H and O–H groups in total. The van der Waals surface area contributed by atoms with Crippen LogP contribution in [0.15, 0.2) is 0 Å². The Morgan fingerprint density at radius 3 is 1.89 bits per heavy atom. The summed E-state index contributed by atoms with van der Waals surface area (Å²) in [5.41, 5.74) is 21.3. The Bertz CT molecular complexity index is 335. The van der Waals surface area contributed by atoms with E-state index in [1.54, 1.807) is 0 Å². The van der Waals surface area contributed by atoms with Crippen LogP contribution in [0.3, 0.4) is 0 Å². The highest BCUT2D eigenvalue weighted by Crippen LogP contribution is 2.06. The molecule has 0 saturated carbocycles. The lowest BCUT2D eigenvalue weighted by atomic mass is 9.99. The number of Topliss-reactive ketones (excluding diaryl/α,β-unsaturated/α-hetero) is 1. The zero-order chi connectivity index (χ0) is 15.0. The second-order valence-electron chi connectivity index (χ2n) is 4.50. The molecule has 0 heterocycles. The van der Waals surface area contributed by atoms with Crippen molar-refractivity contribution in [1.29, 1.82) is 0 Å². The van der Waals surface area contributed by atoms with Crippen molar-refractivity contribution in [1.82, 2.24) is 0 Å². The number of carbonyl (C=O) groups excluding carboxylic acids is 2. The molecule has 0 radical (unpaired) electrons. The standard InChI is InChI=1S/C11H22N4O4/c12-6(2-1-3-8(14)11(18)19)9(16)5-4-7(13)10(15)17/h6-8H,1-5,12-14H2,(H2,15,17)(H,18,19)/t6?,7-,8-/m0/s1. The van der Waals surface area contributed by atoms with Crippen molar-refractivity contribution in [3.05, 3.63) is 0 Å². The molecule has 0 saturated heterocycles. The molecule has 0 aromatic heterocycles. The Balaban J connectivity index is 3.88. The van der Waals surface area contributed by atoms with Crippen molar-refractivity contribution in [2.45, 2.75) is 50.2 Å². The molecule has 1 amide bonds. The SMILES string of the molecule is NC(=O)[C@@H](N)CCC(=O)C(N)CCC[C@H](N)C(=O)O. The van der Waals surface area contributed by atoms with E-state index in [1.807, 2.05) is 0 Å². The zero-order valence-electron chi connectivity index (χ0n) is 10.7. The summed E-state index contributed by atoms with van der Waals surface area (Å²) in [6.07, 6.45) is 1.30. The Hall–Kier alpha value is -1.51. The van der Waals surface area contributed by atoms with Gasteiger partial charge in [0.2, 0.25) is 5.91 Å². The van der Waals surface area contributed by atoms with Crippen LogP contribution in [-0.4, -0.2) is 40.9 Å². The highest BCUT2D eigenvalue weighted by atomic mass is 16.4. The van der Waals surface area contributed by atoms with Gasteiger partial charge < -0.3 is 28.0 Å². The lowest BCUT2D eigenvalue weighted by Crippen LogP contribution is -2.38. The van der Waals surface area contributed by atoms with E-state index in [0.717, 1.165) is 0 Å². The quantitative estimate of drug-likeness (QED) is 0.307. The van der Waals surface area contributed by atoms with Crippen LogP contribution in [0.25, 0.3) is 0 Å². The Labute approximate surface area is 111 Å². The van der Waals surface area contributed by atoms with Crippen molar-refractivity contribution >= 4 is 17.7 Å². The fraction of sp³-hybridized carbons (Fsp3) is 0.727. The van der Waals surface area contributed by atoms with Crippen LogP contribution >= 0.6 is 0 Å². The van der Waals surface area contributed by atoms with Crippen LogP contribution in [0.4, 0.5) is 0 Å². The van der Waals surface area contributed by atoms with Crippen LogP contribution in [0.1, 0.15) is 32.1 Å². The van der Waals surface area contributed by atoms with E-state index < -0.39 is 30.0 Å². The minimum Gasteiger partial charge on any atom is -0.480 e. The maximum Gasteiger partial charge on any atom is 0.320 e. The normalized spacial score (nSPS) is 15.5. The number of aliphatic carboxylic acids is 1. The number of primary amides is 1. The van der Waals surface area contributed by atoms with Gasteiger partial charge in [-0.3, -0.25) is 14.4 Å². The molecule has 19 heavy (non-hydrogen) atoms. The average molecular weight is 274 g/mol. The van der Waals surface area contributed by atoms with Crippen molar-refractivity contribution in [3.8, 4) is 0 Å². The van der Waals surface area contributed by atoms with Crippen molar-refractivity contribution in [3.63, 3.8) is 0 Å². The maximum absolute atomic E-state index is 11.6. The summed E-state index contributed by atoms with van der Waals surface area (Å²) in [5, 5.41) is 8.57. The van der Waals surface area contributed by atoms with E-state index in [2.05, 4.69) is 0 Å². The van der Waals surface area contributed by atoms with Crippen LogP contribution < -0.4 is 22.9 Å².